The highest BCUT2D eigenvalue weighted by Gasteiger charge is 2.51. The second-order valence-corrected chi connectivity index (χ2v) is 16.5. The summed E-state index contributed by atoms with van der Waals surface area (Å²) in [6.07, 6.45) is 0. The van der Waals surface area contributed by atoms with Crippen LogP contribution in [-0.2, 0) is 5.41 Å². The van der Waals surface area contributed by atoms with Crippen LogP contribution in [0.15, 0.2) is 224 Å². The van der Waals surface area contributed by atoms with Crippen molar-refractivity contribution in [2.45, 2.75) is 5.41 Å². The van der Waals surface area contributed by atoms with Gasteiger partial charge < -0.3 is 4.57 Å². The van der Waals surface area contributed by atoms with Crippen molar-refractivity contribution in [2.24, 2.45) is 0 Å². The molecular weight excluding hydrogens is 751 g/mol. The summed E-state index contributed by atoms with van der Waals surface area (Å²) in [5.41, 5.74) is 20.7. The molecule has 0 saturated heterocycles. The van der Waals surface area contributed by atoms with Crippen molar-refractivity contribution < 1.29 is 0 Å². The van der Waals surface area contributed by atoms with Gasteiger partial charge in [-0.05, 0) is 92.0 Å². The van der Waals surface area contributed by atoms with E-state index in [0.29, 0.717) is 5.82 Å². The van der Waals surface area contributed by atoms with Gasteiger partial charge in [0.1, 0.15) is 0 Å². The highest BCUT2D eigenvalue weighted by molar-refractivity contribution is 6.12. The summed E-state index contributed by atoms with van der Waals surface area (Å²) in [5, 5.41) is 2.46. The smallest absolute Gasteiger partial charge is 0.160 e. The quantitative estimate of drug-likeness (QED) is 0.174. The summed E-state index contributed by atoms with van der Waals surface area (Å²) < 4.78 is 2.45. The number of benzene rings is 9. The van der Waals surface area contributed by atoms with Crippen LogP contribution in [0.2, 0.25) is 0 Å². The molecule has 0 saturated carbocycles. The van der Waals surface area contributed by atoms with Gasteiger partial charge in [-0.15, -0.1) is 0 Å². The number of hydrogen-bond acceptors (Lipinski definition) is 2. The van der Waals surface area contributed by atoms with Gasteiger partial charge in [0.25, 0.3) is 0 Å². The first-order valence-electron chi connectivity index (χ1n) is 21.3. The van der Waals surface area contributed by atoms with Gasteiger partial charge >= 0.3 is 0 Å². The van der Waals surface area contributed by atoms with E-state index >= 15 is 0 Å². The topological polar surface area (TPSA) is 30.7 Å². The standard InChI is InChI=1S/C59H37N3/c1-3-16-38(17-4-1)39-30-32-41(33-31-39)55-37-54(40-18-5-2-6-19-40)60-58(61-55)42-20-15-21-43(34-42)62-56-29-14-10-25-47(56)49-35-48-46-24-9-13-28-52(46)59(53(48)36-57(49)62)50-26-11-7-22-44(50)45-23-8-12-27-51(45)59/h1-37H. The summed E-state index contributed by atoms with van der Waals surface area (Å²) in [5.74, 6) is 0.686. The minimum atomic E-state index is -0.433. The van der Waals surface area contributed by atoms with Gasteiger partial charge in [0.05, 0.1) is 27.8 Å². The molecule has 9 aromatic carbocycles. The van der Waals surface area contributed by atoms with E-state index in [1.807, 2.05) is 6.07 Å². The van der Waals surface area contributed by atoms with Crippen LogP contribution in [0.3, 0.4) is 0 Å². The Morgan fingerprint density at radius 3 is 1.47 bits per heavy atom. The van der Waals surface area contributed by atoms with Gasteiger partial charge in [0, 0.05) is 33.2 Å². The molecule has 3 heteroatoms. The highest BCUT2D eigenvalue weighted by atomic mass is 15.0. The first kappa shape index (κ1) is 34.7. The summed E-state index contributed by atoms with van der Waals surface area (Å²) >= 11 is 0. The third-order valence-electron chi connectivity index (χ3n) is 13.2. The van der Waals surface area contributed by atoms with E-state index in [-0.39, 0.29) is 0 Å². The van der Waals surface area contributed by atoms with Crippen LogP contribution in [0.25, 0.3) is 94.8 Å². The lowest BCUT2D eigenvalue weighted by Gasteiger charge is -2.30. The number of fused-ring (bicyclic) bond motifs is 13. The lowest BCUT2D eigenvalue weighted by atomic mass is 9.70. The van der Waals surface area contributed by atoms with Crippen molar-refractivity contribution in [3.8, 4) is 73.0 Å². The van der Waals surface area contributed by atoms with Gasteiger partial charge in [-0.25, -0.2) is 9.97 Å². The van der Waals surface area contributed by atoms with E-state index in [4.69, 9.17) is 9.97 Å². The fourth-order valence-corrected chi connectivity index (χ4v) is 10.6. The van der Waals surface area contributed by atoms with E-state index in [1.165, 1.54) is 71.9 Å². The lowest BCUT2D eigenvalue weighted by Crippen LogP contribution is -2.25. The molecule has 62 heavy (non-hydrogen) atoms. The van der Waals surface area contributed by atoms with Gasteiger partial charge in [-0.1, -0.05) is 188 Å². The van der Waals surface area contributed by atoms with E-state index in [9.17, 15) is 0 Å². The molecule has 2 aromatic heterocycles. The molecule has 13 rings (SSSR count). The van der Waals surface area contributed by atoms with Gasteiger partial charge in [-0.3, -0.25) is 0 Å². The molecule has 1 spiro atoms. The maximum Gasteiger partial charge on any atom is 0.160 e. The van der Waals surface area contributed by atoms with Gasteiger partial charge in [0.2, 0.25) is 0 Å². The van der Waals surface area contributed by atoms with E-state index < -0.39 is 5.41 Å². The molecule has 0 amide bonds. The average Bonchev–Trinajstić information content (AvgIpc) is 3.95. The fourth-order valence-electron chi connectivity index (χ4n) is 10.6. The number of para-hydroxylation sites is 1. The van der Waals surface area contributed by atoms with E-state index in [0.717, 1.165) is 39.3 Å². The monoisotopic (exact) mass is 787 g/mol. The van der Waals surface area contributed by atoms with Crippen LogP contribution in [0.4, 0.5) is 0 Å². The number of nitrogens with zero attached hydrogens (tertiary/aromatic N) is 3. The number of hydrogen-bond donors (Lipinski definition) is 0. The van der Waals surface area contributed by atoms with Crippen molar-refractivity contribution in [3.05, 3.63) is 247 Å². The Hall–Kier alpha value is -8.14. The normalized spacial score (nSPS) is 13.0. The first-order chi connectivity index (χ1) is 30.7. The molecule has 0 atom stereocenters. The molecular formula is C59H37N3. The molecule has 288 valence electrons. The zero-order chi connectivity index (χ0) is 40.8. The van der Waals surface area contributed by atoms with Crippen molar-refractivity contribution in [2.75, 3.05) is 0 Å². The molecule has 0 radical (unpaired) electrons. The van der Waals surface area contributed by atoms with E-state index in [2.05, 4.69) is 223 Å². The molecule has 0 aliphatic heterocycles. The SMILES string of the molecule is c1ccc(-c2ccc(-c3cc(-c4ccccc4)nc(-c4cccc(-n5c6ccccc6c6cc7c(cc65)C5(c6ccccc6-c6ccccc65)c5ccccc5-7)c4)n3)cc2)cc1. The minimum absolute atomic E-state index is 0.433. The molecule has 0 N–H and O–H groups in total. The maximum atomic E-state index is 5.29. The zero-order valence-electron chi connectivity index (χ0n) is 33.7. The zero-order valence-corrected chi connectivity index (χ0v) is 33.7. The summed E-state index contributed by atoms with van der Waals surface area (Å²) in [6.45, 7) is 0. The maximum absolute atomic E-state index is 5.29. The molecule has 3 nitrogen and oxygen atoms in total. The van der Waals surface area contributed by atoms with E-state index in [1.54, 1.807) is 0 Å². The Morgan fingerprint density at radius 1 is 0.306 bits per heavy atom. The average molecular weight is 788 g/mol. The Kier molecular flexibility index (Phi) is 7.52. The Morgan fingerprint density at radius 2 is 0.806 bits per heavy atom. The number of aromatic nitrogens is 3. The van der Waals surface area contributed by atoms with Crippen molar-refractivity contribution in [3.63, 3.8) is 0 Å². The van der Waals surface area contributed by atoms with Gasteiger partial charge in [-0.2, -0.15) is 0 Å². The van der Waals surface area contributed by atoms with Crippen LogP contribution in [-0.4, -0.2) is 14.5 Å². The third-order valence-corrected chi connectivity index (χ3v) is 13.2. The Bertz CT molecular complexity index is 3520. The predicted molar refractivity (Wildman–Crippen MR) is 254 cm³/mol. The fraction of sp³-hybridized carbons (Fsp3) is 0.0169. The van der Waals surface area contributed by atoms with Gasteiger partial charge in [0.15, 0.2) is 5.82 Å². The van der Waals surface area contributed by atoms with Crippen LogP contribution in [0, 0.1) is 0 Å². The first-order valence-corrected chi connectivity index (χ1v) is 21.3. The summed E-state index contributed by atoms with van der Waals surface area (Å²) in [6, 6.07) is 81.4. The molecule has 2 aliphatic rings. The Balaban J connectivity index is 1.02. The molecule has 0 fully saturated rings. The molecule has 2 aliphatic carbocycles. The summed E-state index contributed by atoms with van der Waals surface area (Å²) in [4.78, 5) is 10.5. The third kappa shape index (κ3) is 5.00. The second kappa shape index (κ2) is 13.4. The van der Waals surface area contributed by atoms with Crippen LogP contribution < -0.4 is 0 Å². The second-order valence-electron chi connectivity index (χ2n) is 16.5. The molecule has 0 unspecified atom stereocenters. The lowest BCUT2D eigenvalue weighted by molar-refractivity contribution is 0.794. The largest absolute Gasteiger partial charge is 0.309 e. The molecule has 11 aromatic rings. The van der Waals surface area contributed by atoms with Crippen molar-refractivity contribution in [1.29, 1.82) is 0 Å². The Labute approximate surface area is 359 Å². The predicted octanol–water partition coefficient (Wildman–Crippen LogP) is 14.6. The van der Waals surface area contributed by atoms with Crippen LogP contribution in [0.1, 0.15) is 22.3 Å². The minimum Gasteiger partial charge on any atom is -0.309 e. The van der Waals surface area contributed by atoms with Crippen LogP contribution in [0.5, 0.6) is 0 Å². The summed E-state index contributed by atoms with van der Waals surface area (Å²) in [7, 11) is 0. The molecule has 0 bridgehead atoms. The van der Waals surface area contributed by atoms with Crippen LogP contribution >= 0.6 is 0 Å². The number of rotatable bonds is 5. The molecule has 2 heterocycles. The highest BCUT2D eigenvalue weighted by Crippen LogP contribution is 2.63. The van der Waals surface area contributed by atoms with Crippen molar-refractivity contribution in [1.82, 2.24) is 14.5 Å². The van der Waals surface area contributed by atoms with Crippen molar-refractivity contribution >= 4 is 21.8 Å².